The number of carbonyl (C=O) groups excluding carboxylic acids is 2. The van der Waals surface area contributed by atoms with Gasteiger partial charge in [-0.2, -0.15) is 0 Å². The smallest absolute Gasteiger partial charge is 0.253 e. The number of hydrogen-bond donors (Lipinski definition) is 2. The van der Waals surface area contributed by atoms with Crippen molar-refractivity contribution >= 4 is 17.5 Å². The van der Waals surface area contributed by atoms with E-state index >= 15 is 0 Å². The van der Waals surface area contributed by atoms with E-state index in [9.17, 15) is 9.59 Å². The Morgan fingerprint density at radius 2 is 1.73 bits per heavy atom. The monoisotopic (exact) mass is 408 g/mol. The van der Waals surface area contributed by atoms with E-state index in [1.807, 2.05) is 44.3 Å². The fraction of sp³-hybridized carbons (Fsp3) is 0.417. The fourth-order valence-electron chi connectivity index (χ4n) is 3.75. The summed E-state index contributed by atoms with van der Waals surface area (Å²) in [5.41, 5.74) is 3.24. The predicted octanol–water partition coefficient (Wildman–Crippen LogP) is 2.89. The zero-order valence-corrected chi connectivity index (χ0v) is 18.1. The Morgan fingerprint density at radius 3 is 2.43 bits per heavy atom. The molecule has 1 fully saturated rings. The fourth-order valence-corrected chi connectivity index (χ4v) is 3.75. The highest BCUT2D eigenvalue weighted by atomic mass is 16.2. The van der Waals surface area contributed by atoms with Gasteiger partial charge in [0.25, 0.3) is 5.91 Å². The summed E-state index contributed by atoms with van der Waals surface area (Å²) >= 11 is 0. The molecule has 1 aliphatic heterocycles. The highest BCUT2D eigenvalue weighted by Crippen LogP contribution is 2.17. The van der Waals surface area contributed by atoms with E-state index in [1.54, 1.807) is 18.2 Å². The number of aryl methyl sites for hydroxylation is 1. The molecule has 6 nitrogen and oxygen atoms in total. The van der Waals surface area contributed by atoms with E-state index in [0.29, 0.717) is 30.4 Å². The average molecular weight is 409 g/mol. The largest absolute Gasteiger partial charge is 0.348 e. The number of benzene rings is 2. The highest BCUT2D eigenvalue weighted by molar-refractivity contribution is 6.04. The van der Waals surface area contributed by atoms with Crippen molar-refractivity contribution in [2.24, 2.45) is 0 Å². The normalized spacial score (nSPS) is 15.2. The maximum absolute atomic E-state index is 12.7. The third kappa shape index (κ3) is 6.15. The van der Waals surface area contributed by atoms with Crippen molar-refractivity contribution in [2.45, 2.75) is 32.4 Å². The van der Waals surface area contributed by atoms with Crippen molar-refractivity contribution in [3.63, 3.8) is 0 Å². The molecule has 1 heterocycles. The molecule has 0 bridgehead atoms. The van der Waals surface area contributed by atoms with Crippen LogP contribution in [0.1, 0.15) is 34.3 Å². The standard InChI is InChI=1S/C24H32N4O2/c1-18-8-10-19(11-9-18)16-25-24(30)21-6-4-5-7-22(21)26-23(29)17-28(3)20-12-14-27(2)15-13-20/h4-11,20H,12-17H2,1-3H3,(H,25,30)(H,26,29). The second kappa shape index (κ2) is 10.4. The first kappa shape index (κ1) is 22.0. The van der Waals surface area contributed by atoms with Crippen LogP contribution in [0.3, 0.4) is 0 Å². The molecule has 0 aromatic heterocycles. The lowest BCUT2D eigenvalue weighted by atomic mass is 10.0. The Hall–Kier alpha value is -2.70. The molecular formula is C24H32N4O2. The third-order valence-electron chi connectivity index (χ3n) is 5.72. The topological polar surface area (TPSA) is 64.7 Å². The van der Waals surface area contributed by atoms with Gasteiger partial charge in [0.15, 0.2) is 0 Å². The molecule has 0 spiro atoms. The van der Waals surface area contributed by atoms with Gasteiger partial charge in [-0.1, -0.05) is 42.0 Å². The average Bonchev–Trinajstić information content (AvgIpc) is 2.74. The number of amides is 2. The molecule has 6 heteroatoms. The van der Waals surface area contributed by atoms with E-state index in [2.05, 4.69) is 27.5 Å². The number of rotatable bonds is 7. The van der Waals surface area contributed by atoms with Gasteiger partial charge in [-0.15, -0.1) is 0 Å². The predicted molar refractivity (Wildman–Crippen MR) is 121 cm³/mol. The molecule has 2 N–H and O–H groups in total. The second-order valence-electron chi connectivity index (χ2n) is 8.21. The Kier molecular flexibility index (Phi) is 7.60. The van der Waals surface area contributed by atoms with Gasteiger partial charge in [-0.3, -0.25) is 14.5 Å². The van der Waals surface area contributed by atoms with Crippen LogP contribution in [-0.2, 0) is 11.3 Å². The van der Waals surface area contributed by atoms with Crippen LogP contribution in [0.25, 0.3) is 0 Å². The number of piperidine rings is 1. The van der Waals surface area contributed by atoms with Crippen molar-refractivity contribution in [1.82, 2.24) is 15.1 Å². The molecule has 2 aromatic rings. The number of likely N-dealkylation sites (tertiary alicyclic amines) is 1. The Balaban J connectivity index is 1.56. The van der Waals surface area contributed by atoms with Gasteiger partial charge in [-0.05, 0) is 64.6 Å². The van der Waals surface area contributed by atoms with Gasteiger partial charge in [0.2, 0.25) is 5.91 Å². The summed E-state index contributed by atoms with van der Waals surface area (Å²) in [6.45, 7) is 4.90. The molecular weight excluding hydrogens is 376 g/mol. The van der Waals surface area contributed by atoms with E-state index in [0.717, 1.165) is 31.5 Å². The lowest BCUT2D eigenvalue weighted by molar-refractivity contribution is -0.117. The summed E-state index contributed by atoms with van der Waals surface area (Å²) in [5.74, 6) is -0.301. The number of nitrogens with zero attached hydrogens (tertiary/aromatic N) is 2. The molecule has 3 rings (SSSR count). The molecule has 2 aromatic carbocycles. The number of likely N-dealkylation sites (N-methyl/N-ethyl adjacent to an activating group) is 1. The van der Waals surface area contributed by atoms with E-state index in [1.165, 1.54) is 5.56 Å². The number of anilines is 1. The summed E-state index contributed by atoms with van der Waals surface area (Å²) in [4.78, 5) is 29.8. The zero-order valence-electron chi connectivity index (χ0n) is 18.1. The molecule has 2 amide bonds. The maximum Gasteiger partial charge on any atom is 0.253 e. The van der Waals surface area contributed by atoms with Crippen molar-refractivity contribution < 1.29 is 9.59 Å². The Bertz CT molecular complexity index is 858. The quantitative estimate of drug-likeness (QED) is 0.739. The van der Waals surface area contributed by atoms with Gasteiger partial charge < -0.3 is 15.5 Å². The molecule has 0 unspecified atom stereocenters. The molecule has 0 radical (unpaired) electrons. The Labute approximate surface area is 179 Å². The molecule has 1 aliphatic rings. The molecule has 0 atom stereocenters. The van der Waals surface area contributed by atoms with Crippen molar-refractivity contribution in [1.29, 1.82) is 0 Å². The van der Waals surface area contributed by atoms with E-state index in [4.69, 9.17) is 0 Å². The maximum atomic E-state index is 12.7. The number of hydrogen-bond acceptors (Lipinski definition) is 4. The third-order valence-corrected chi connectivity index (χ3v) is 5.72. The SMILES string of the molecule is Cc1ccc(CNC(=O)c2ccccc2NC(=O)CN(C)C2CCN(C)CC2)cc1. The van der Waals surface area contributed by atoms with Crippen LogP contribution in [0.15, 0.2) is 48.5 Å². The number of para-hydroxylation sites is 1. The second-order valence-corrected chi connectivity index (χ2v) is 8.21. The summed E-state index contributed by atoms with van der Waals surface area (Å²) in [6, 6.07) is 15.6. The lowest BCUT2D eigenvalue weighted by Crippen LogP contribution is -2.44. The Morgan fingerprint density at radius 1 is 1.07 bits per heavy atom. The highest BCUT2D eigenvalue weighted by Gasteiger charge is 2.22. The van der Waals surface area contributed by atoms with Crippen molar-refractivity contribution in [2.75, 3.05) is 39.0 Å². The molecule has 1 saturated heterocycles. The van der Waals surface area contributed by atoms with Crippen LogP contribution >= 0.6 is 0 Å². The summed E-state index contributed by atoms with van der Waals surface area (Å²) in [7, 11) is 4.12. The molecule has 0 aliphatic carbocycles. The minimum Gasteiger partial charge on any atom is -0.348 e. The first-order valence-corrected chi connectivity index (χ1v) is 10.5. The van der Waals surface area contributed by atoms with Crippen molar-refractivity contribution in [3.05, 3.63) is 65.2 Å². The van der Waals surface area contributed by atoms with Crippen LogP contribution in [0.4, 0.5) is 5.69 Å². The minimum atomic E-state index is -0.199. The first-order valence-electron chi connectivity index (χ1n) is 10.5. The van der Waals surface area contributed by atoms with E-state index < -0.39 is 0 Å². The molecule has 30 heavy (non-hydrogen) atoms. The van der Waals surface area contributed by atoms with Crippen LogP contribution < -0.4 is 10.6 Å². The van der Waals surface area contributed by atoms with Crippen LogP contribution in [0.5, 0.6) is 0 Å². The first-order chi connectivity index (χ1) is 14.4. The summed E-state index contributed by atoms with van der Waals surface area (Å²) in [5, 5.41) is 5.86. The van der Waals surface area contributed by atoms with Crippen LogP contribution in [0.2, 0.25) is 0 Å². The van der Waals surface area contributed by atoms with Crippen LogP contribution in [0, 0.1) is 6.92 Å². The van der Waals surface area contributed by atoms with Gasteiger partial charge >= 0.3 is 0 Å². The van der Waals surface area contributed by atoms with Gasteiger partial charge in [0.05, 0.1) is 17.8 Å². The number of nitrogens with one attached hydrogen (secondary N) is 2. The number of carbonyl (C=O) groups is 2. The summed E-state index contributed by atoms with van der Waals surface area (Å²) < 4.78 is 0. The zero-order chi connectivity index (χ0) is 21.5. The van der Waals surface area contributed by atoms with E-state index in [-0.39, 0.29) is 11.8 Å². The molecule has 160 valence electrons. The summed E-state index contributed by atoms with van der Waals surface area (Å²) in [6.07, 6.45) is 2.14. The van der Waals surface area contributed by atoms with Gasteiger partial charge in [0.1, 0.15) is 0 Å². The van der Waals surface area contributed by atoms with Crippen molar-refractivity contribution in [3.8, 4) is 0 Å². The van der Waals surface area contributed by atoms with Gasteiger partial charge in [-0.25, -0.2) is 0 Å². The minimum absolute atomic E-state index is 0.102. The van der Waals surface area contributed by atoms with Crippen LogP contribution in [-0.4, -0.2) is 61.4 Å². The molecule has 0 saturated carbocycles. The van der Waals surface area contributed by atoms with Gasteiger partial charge in [0, 0.05) is 12.6 Å². The lowest BCUT2D eigenvalue weighted by Gasteiger charge is -2.34.